The van der Waals surface area contributed by atoms with Gasteiger partial charge in [-0.2, -0.15) is 0 Å². The molecule has 0 radical (unpaired) electrons. The maximum absolute atomic E-state index is 12.1. The van der Waals surface area contributed by atoms with Gasteiger partial charge < -0.3 is 10.1 Å². The van der Waals surface area contributed by atoms with Gasteiger partial charge in [0.2, 0.25) is 0 Å². The summed E-state index contributed by atoms with van der Waals surface area (Å²) in [5.41, 5.74) is 3.17. The van der Waals surface area contributed by atoms with Gasteiger partial charge in [-0.3, -0.25) is 0 Å². The third kappa shape index (κ3) is 3.32. The number of hydrogen-bond donors (Lipinski definition) is 1. The first-order valence-electron chi connectivity index (χ1n) is 6.31. The molecule has 0 aromatic heterocycles. The minimum absolute atomic E-state index is 0.0641. The van der Waals surface area contributed by atoms with Crippen molar-refractivity contribution in [3.63, 3.8) is 0 Å². The molecule has 1 aliphatic rings. The van der Waals surface area contributed by atoms with E-state index in [9.17, 15) is 13.2 Å². The molecule has 3 rings (SSSR count). The first-order valence-corrected chi connectivity index (χ1v) is 7.11. The number of halogens is 4. The molecule has 1 heterocycles. The summed E-state index contributed by atoms with van der Waals surface area (Å²) in [5.74, 6) is -0.204. The van der Waals surface area contributed by atoms with Gasteiger partial charge in [0, 0.05) is 10.2 Å². The Kier molecular flexibility index (Phi) is 3.57. The zero-order valence-electron chi connectivity index (χ0n) is 10.7. The summed E-state index contributed by atoms with van der Waals surface area (Å²) < 4.78 is 41.2. The molecule has 2 aromatic rings. The normalized spacial score (nSPS) is 17.2. The lowest BCUT2D eigenvalue weighted by Gasteiger charge is -2.13. The second-order valence-corrected chi connectivity index (χ2v) is 5.74. The summed E-state index contributed by atoms with van der Waals surface area (Å²) >= 11 is 3.42. The van der Waals surface area contributed by atoms with Crippen molar-refractivity contribution in [1.29, 1.82) is 0 Å². The molecule has 2 aromatic carbocycles. The van der Waals surface area contributed by atoms with Crippen LogP contribution in [0.15, 0.2) is 46.9 Å². The molecule has 0 fully saturated rings. The lowest BCUT2D eigenvalue weighted by Crippen LogP contribution is -2.17. The fraction of sp³-hybridized carbons (Fsp3) is 0.200. The van der Waals surface area contributed by atoms with Gasteiger partial charge in [0.1, 0.15) is 5.75 Å². The van der Waals surface area contributed by atoms with Crippen molar-refractivity contribution in [2.45, 2.75) is 18.8 Å². The van der Waals surface area contributed by atoms with E-state index < -0.39 is 6.36 Å². The van der Waals surface area contributed by atoms with E-state index >= 15 is 0 Å². The summed E-state index contributed by atoms with van der Waals surface area (Å²) in [6, 6.07) is 12.0. The van der Waals surface area contributed by atoms with Crippen LogP contribution in [0.1, 0.15) is 17.2 Å². The molecular formula is C15H11BrF3NO. The summed E-state index contributed by atoms with van der Waals surface area (Å²) in [7, 11) is 0. The number of alkyl halides is 3. The van der Waals surface area contributed by atoms with Crippen LogP contribution in [0.5, 0.6) is 5.75 Å². The standard InChI is InChI=1S/C15H11BrF3NO/c16-11-4-1-10-7-13(20-14(10)8-11)9-2-5-12(6-3-9)21-15(17,18)19/h1-6,8,13,20H,7H2. The van der Waals surface area contributed by atoms with Crippen molar-refractivity contribution in [2.75, 3.05) is 5.32 Å². The number of ether oxygens (including phenoxy) is 1. The first-order chi connectivity index (χ1) is 9.90. The number of anilines is 1. The minimum atomic E-state index is -4.66. The molecule has 0 spiro atoms. The molecule has 21 heavy (non-hydrogen) atoms. The highest BCUT2D eigenvalue weighted by molar-refractivity contribution is 9.10. The van der Waals surface area contributed by atoms with Crippen molar-refractivity contribution >= 4 is 21.6 Å². The third-order valence-electron chi connectivity index (χ3n) is 3.34. The molecular weight excluding hydrogens is 347 g/mol. The molecule has 0 amide bonds. The van der Waals surface area contributed by atoms with Crippen molar-refractivity contribution in [1.82, 2.24) is 0 Å². The number of nitrogens with one attached hydrogen (secondary N) is 1. The second-order valence-electron chi connectivity index (χ2n) is 4.82. The van der Waals surface area contributed by atoms with Crippen LogP contribution in [0.3, 0.4) is 0 Å². The average molecular weight is 358 g/mol. The topological polar surface area (TPSA) is 21.3 Å². The van der Waals surface area contributed by atoms with E-state index in [1.165, 1.54) is 17.7 Å². The van der Waals surface area contributed by atoms with E-state index in [-0.39, 0.29) is 11.8 Å². The maximum Gasteiger partial charge on any atom is 0.573 e. The first kappa shape index (κ1) is 14.3. The number of fused-ring (bicyclic) bond motifs is 1. The van der Waals surface area contributed by atoms with Crippen molar-refractivity contribution in [3.8, 4) is 5.75 Å². The Hall–Kier alpha value is -1.69. The van der Waals surface area contributed by atoms with Gasteiger partial charge in [-0.1, -0.05) is 34.1 Å². The number of rotatable bonds is 2. The fourth-order valence-corrected chi connectivity index (χ4v) is 2.78. The van der Waals surface area contributed by atoms with Gasteiger partial charge in [-0.05, 0) is 41.8 Å². The number of benzene rings is 2. The van der Waals surface area contributed by atoms with Crippen LogP contribution in [0, 0.1) is 0 Å². The Morgan fingerprint density at radius 3 is 2.48 bits per heavy atom. The van der Waals surface area contributed by atoms with Gasteiger partial charge in [0.25, 0.3) is 0 Å². The summed E-state index contributed by atoms with van der Waals surface area (Å²) in [6.45, 7) is 0. The van der Waals surface area contributed by atoms with Gasteiger partial charge in [-0.15, -0.1) is 13.2 Å². The van der Waals surface area contributed by atoms with E-state index in [1.807, 2.05) is 18.2 Å². The highest BCUT2D eigenvalue weighted by atomic mass is 79.9. The fourth-order valence-electron chi connectivity index (χ4n) is 2.42. The van der Waals surface area contributed by atoms with Crippen LogP contribution in [0.4, 0.5) is 18.9 Å². The Bertz CT molecular complexity index is 655. The highest BCUT2D eigenvalue weighted by Crippen LogP contribution is 2.36. The predicted molar refractivity (Wildman–Crippen MR) is 77.3 cm³/mol. The molecule has 1 atom stereocenters. The molecule has 0 saturated heterocycles. The van der Waals surface area contributed by atoms with Crippen LogP contribution in [0.25, 0.3) is 0 Å². The van der Waals surface area contributed by atoms with Crippen molar-refractivity contribution in [2.24, 2.45) is 0 Å². The smallest absolute Gasteiger partial charge is 0.406 e. The van der Waals surface area contributed by atoms with E-state index in [0.29, 0.717) is 0 Å². The summed E-state index contributed by atoms with van der Waals surface area (Å²) in [5, 5.41) is 3.37. The molecule has 1 unspecified atom stereocenters. The Balaban J connectivity index is 1.75. The Morgan fingerprint density at radius 1 is 1.10 bits per heavy atom. The Labute approximate surface area is 128 Å². The van der Waals surface area contributed by atoms with E-state index in [2.05, 4.69) is 26.0 Å². The zero-order chi connectivity index (χ0) is 15.0. The van der Waals surface area contributed by atoms with Crippen molar-refractivity contribution in [3.05, 3.63) is 58.1 Å². The molecule has 0 saturated carbocycles. The lowest BCUT2D eigenvalue weighted by molar-refractivity contribution is -0.274. The molecule has 1 N–H and O–H groups in total. The van der Waals surface area contributed by atoms with E-state index in [4.69, 9.17) is 0 Å². The van der Waals surface area contributed by atoms with Crippen LogP contribution in [0.2, 0.25) is 0 Å². The maximum atomic E-state index is 12.1. The van der Waals surface area contributed by atoms with Crippen molar-refractivity contribution < 1.29 is 17.9 Å². The Morgan fingerprint density at radius 2 is 1.81 bits per heavy atom. The summed E-state index contributed by atoms with van der Waals surface area (Å²) in [6.07, 6.45) is -3.85. The number of hydrogen-bond acceptors (Lipinski definition) is 2. The predicted octanol–water partition coefficient (Wildman–Crippen LogP) is 5.06. The SMILES string of the molecule is FC(F)(F)Oc1ccc(C2Cc3ccc(Br)cc3N2)cc1. The monoisotopic (exact) mass is 357 g/mol. The second kappa shape index (κ2) is 5.26. The van der Waals surface area contributed by atoms with Crippen LogP contribution < -0.4 is 10.1 Å². The van der Waals surface area contributed by atoms with E-state index in [1.54, 1.807) is 12.1 Å². The molecule has 1 aliphatic heterocycles. The van der Waals surface area contributed by atoms with Crippen LogP contribution >= 0.6 is 15.9 Å². The van der Waals surface area contributed by atoms with Gasteiger partial charge in [-0.25, -0.2) is 0 Å². The van der Waals surface area contributed by atoms with Gasteiger partial charge in [0.05, 0.1) is 6.04 Å². The minimum Gasteiger partial charge on any atom is -0.406 e. The van der Waals surface area contributed by atoms with E-state index in [0.717, 1.165) is 22.1 Å². The van der Waals surface area contributed by atoms with Crippen LogP contribution in [-0.2, 0) is 6.42 Å². The van der Waals surface area contributed by atoms with Gasteiger partial charge in [0.15, 0.2) is 0 Å². The molecule has 0 aliphatic carbocycles. The largest absolute Gasteiger partial charge is 0.573 e. The molecule has 110 valence electrons. The zero-order valence-corrected chi connectivity index (χ0v) is 12.3. The quantitative estimate of drug-likeness (QED) is 0.811. The average Bonchev–Trinajstić information content (AvgIpc) is 2.80. The molecule has 2 nitrogen and oxygen atoms in total. The highest BCUT2D eigenvalue weighted by Gasteiger charge is 2.31. The van der Waals surface area contributed by atoms with Crippen LogP contribution in [-0.4, -0.2) is 6.36 Å². The lowest BCUT2D eigenvalue weighted by atomic mass is 10.0. The third-order valence-corrected chi connectivity index (χ3v) is 3.83. The van der Waals surface area contributed by atoms with Gasteiger partial charge >= 0.3 is 6.36 Å². The summed E-state index contributed by atoms with van der Waals surface area (Å²) in [4.78, 5) is 0. The molecule has 6 heteroatoms. The molecule has 0 bridgehead atoms.